The van der Waals surface area contributed by atoms with Gasteiger partial charge in [-0.25, -0.2) is 4.79 Å². The van der Waals surface area contributed by atoms with E-state index in [9.17, 15) is 14.4 Å². The van der Waals surface area contributed by atoms with E-state index >= 15 is 0 Å². The number of hydrogen-bond acceptors (Lipinski definition) is 4. The fraction of sp³-hybridized carbons (Fsp3) is 0.824. The summed E-state index contributed by atoms with van der Waals surface area (Å²) in [7, 11) is 0. The number of aliphatic carboxylic acids is 1. The van der Waals surface area contributed by atoms with Gasteiger partial charge in [0.05, 0.1) is 11.8 Å². The molecule has 0 bridgehead atoms. The minimum atomic E-state index is -0.928. The monoisotopic (exact) mass is 354 g/mol. The van der Waals surface area contributed by atoms with Gasteiger partial charge in [-0.2, -0.15) is 0 Å². The lowest BCUT2D eigenvalue weighted by molar-refractivity contribution is -0.141. The molecule has 142 valence electrons. The van der Waals surface area contributed by atoms with E-state index in [1.165, 1.54) is 0 Å². The zero-order chi connectivity index (χ0) is 18.2. The van der Waals surface area contributed by atoms with Gasteiger partial charge in [0.1, 0.15) is 0 Å². The van der Waals surface area contributed by atoms with Crippen molar-refractivity contribution in [2.24, 2.45) is 17.8 Å². The Morgan fingerprint density at radius 2 is 1.92 bits per heavy atom. The number of hydrogen-bond donors (Lipinski definition) is 4. The molecule has 0 aromatic rings. The van der Waals surface area contributed by atoms with Gasteiger partial charge in [-0.05, 0) is 44.7 Å². The van der Waals surface area contributed by atoms with Crippen LogP contribution < -0.4 is 16.0 Å². The molecule has 4 N–H and O–H groups in total. The van der Waals surface area contributed by atoms with Crippen LogP contribution in [-0.2, 0) is 9.59 Å². The van der Waals surface area contributed by atoms with Crippen molar-refractivity contribution in [3.63, 3.8) is 0 Å². The van der Waals surface area contributed by atoms with Crippen LogP contribution in [0.25, 0.3) is 0 Å². The third-order valence-corrected chi connectivity index (χ3v) is 5.08. The summed E-state index contributed by atoms with van der Waals surface area (Å²) in [6.07, 6.45) is 3.67. The molecule has 0 aliphatic carbocycles. The number of carbonyl (C=O) groups is 3. The van der Waals surface area contributed by atoms with Crippen LogP contribution in [0.15, 0.2) is 0 Å². The van der Waals surface area contributed by atoms with Gasteiger partial charge in [0, 0.05) is 26.2 Å². The Labute approximate surface area is 148 Å². The predicted molar refractivity (Wildman–Crippen MR) is 93.1 cm³/mol. The number of carbonyl (C=O) groups excluding carboxylic acids is 2. The molecule has 2 aliphatic rings. The number of amides is 3. The molecule has 2 unspecified atom stereocenters. The van der Waals surface area contributed by atoms with E-state index in [0.717, 1.165) is 38.8 Å². The second kappa shape index (κ2) is 9.60. The lowest BCUT2D eigenvalue weighted by atomic mass is 9.97. The van der Waals surface area contributed by atoms with Gasteiger partial charge in [0.2, 0.25) is 5.91 Å². The van der Waals surface area contributed by atoms with E-state index in [2.05, 4.69) is 16.0 Å². The highest BCUT2D eigenvalue weighted by atomic mass is 16.4. The van der Waals surface area contributed by atoms with Crippen LogP contribution in [0.1, 0.15) is 32.6 Å². The highest BCUT2D eigenvalue weighted by molar-refractivity contribution is 5.81. The first-order chi connectivity index (χ1) is 12.0. The van der Waals surface area contributed by atoms with Crippen molar-refractivity contribution in [2.75, 3.05) is 39.3 Å². The third-order valence-electron chi connectivity index (χ3n) is 5.08. The number of urea groups is 1. The average molecular weight is 354 g/mol. The van der Waals surface area contributed by atoms with Gasteiger partial charge in [0.15, 0.2) is 0 Å². The molecule has 8 nitrogen and oxygen atoms in total. The molecular formula is C17H30N4O4. The lowest BCUT2D eigenvalue weighted by Gasteiger charge is -2.33. The summed E-state index contributed by atoms with van der Waals surface area (Å²) in [5.41, 5.74) is 0. The van der Waals surface area contributed by atoms with Gasteiger partial charge in [-0.15, -0.1) is 0 Å². The molecular weight excluding hydrogens is 324 g/mol. The average Bonchev–Trinajstić information content (AvgIpc) is 2.64. The van der Waals surface area contributed by atoms with Crippen molar-refractivity contribution in [1.82, 2.24) is 20.9 Å². The van der Waals surface area contributed by atoms with Gasteiger partial charge >= 0.3 is 12.0 Å². The van der Waals surface area contributed by atoms with Crippen molar-refractivity contribution in [2.45, 2.75) is 32.6 Å². The van der Waals surface area contributed by atoms with Crippen molar-refractivity contribution in [3.05, 3.63) is 0 Å². The molecule has 2 rings (SSSR count). The Hall–Kier alpha value is -1.83. The standard InChI is InChI=1S/C17H30N4O4/c1-12(16(23)24)9-19-15(22)14-3-2-8-21(11-14)17(25)20-10-13-4-6-18-7-5-13/h12-14,18H,2-11H2,1H3,(H,19,22)(H,20,25)(H,23,24). The van der Waals surface area contributed by atoms with Crippen LogP contribution in [0.4, 0.5) is 4.79 Å². The number of carboxylic acids is 1. The number of rotatable bonds is 6. The number of piperidine rings is 2. The van der Waals surface area contributed by atoms with Crippen LogP contribution in [0.3, 0.4) is 0 Å². The maximum absolute atomic E-state index is 12.4. The predicted octanol–water partition coefficient (Wildman–Crippen LogP) is 0.245. The molecule has 3 amide bonds. The number of nitrogens with zero attached hydrogens (tertiary/aromatic N) is 1. The summed E-state index contributed by atoms with van der Waals surface area (Å²) < 4.78 is 0. The van der Waals surface area contributed by atoms with Crippen LogP contribution in [0.2, 0.25) is 0 Å². The Morgan fingerprint density at radius 1 is 1.20 bits per heavy atom. The minimum Gasteiger partial charge on any atom is -0.481 e. The van der Waals surface area contributed by atoms with Crippen LogP contribution in [-0.4, -0.2) is 67.2 Å². The van der Waals surface area contributed by atoms with Crippen molar-refractivity contribution < 1.29 is 19.5 Å². The van der Waals surface area contributed by atoms with Crippen molar-refractivity contribution in [3.8, 4) is 0 Å². The first-order valence-corrected chi connectivity index (χ1v) is 9.21. The van der Waals surface area contributed by atoms with Crippen molar-refractivity contribution >= 4 is 17.9 Å². The maximum atomic E-state index is 12.4. The lowest BCUT2D eigenvalue weighted by Crippen LogP contribution is -2.50. The van der Waals surface area contributed by atoms with Crippen molar-refractivity contribution in [1.29, 1.82) is 0 Å². The van der Waals surface area contributed by atoms with Crippen LogP contribution in [0.5, 0.6) is 0 Å². The fourth-order valence-corrected chi connectivity index (χ4v) is 3.29. The summed E-state index contributed by atoms with van der Waals surface area (Å²) in [5, 5.41) is 17.9. The fourth-order valence-electron chi connectivity index (χ4n) is 3.29. The highest BCUT2D eigenvalue weighted by Crippen LogP contribution is 2.17. The molecule has 2 aliphatic heterocycles. The Morgan fingerprint density at radius 3 is 2.60 bits per heavy atom. The SMILES string of the molecule is CC(CNC(=O)C1CCCN(C(=O)NCC2CCNCC2)C1)C(=O)O. The highest BCUT2D eigenvalue weighted by Gasteiger charge is 2.29. The molecule has 0 radical (unpaired) electrons. The normalized spacial score (nSPS) is 22.9. The molecule has 2 saturated heterocycles. The first kappa shape index (κ1) is 19.5. The topological polar surface area (TPSA) is 111 Å². The number of carboxylic acid groups (broad SMARTS) is 1. The van der Waals surface area contributed by atoms with Gasteiger partial charge in [0.25, 0.3) is 0 Å². The molecule has 0 spiro atoms. The number of likely N-dealkylation sites (tertiary alicyclic amines) is 1. The second-order valence-electron chi connectivity index (χ2n) is 7.15. The molecule has 25 heavy (non-hydrogen) atoms. The van der Waals surface area contributed by atoms with Gasteiger partial charge in [-0.3, -0.25) is 9.59 Å². The van der Waals surface area contributed by atoms with Crippen LogP contribution in [0, 0.1) is 17.8 Å². The van der Waals surface area contributed by atoms with E-state index in [1.807, 2.05) is 0 Å². The van der Waals surface area contributed by atoms with E-state index < -0.39 is 11.9 Å². The third kappa shape index (κ3) is 6.19. The zero-order valence-electron chi connectivity index (χ0n) is 14.9. The Balaban J connectivity index is 1.74. The Kier molecular flexibility index (Phi) is 7.49. The molecule has 8 heteroatoms. The van der Waals surface area contributed by atoms with Gasteiger partial charge in [-0.1, -0.05) is 6.92 Å². The summed E-state index contributed by atoms with van der Waals surface area (Å²) in [6, 6.07) is -0.102. The Bertz CT molecular complexity index is 479. The molecule has 0 saturated carbocycles. The summed E-state index contributed by atoms with van der Waals surface area (Å²) in [6.45, 7) is 5.42. The molecule has 2 fully saturated rings. The number of nitrogens with one attached hydrogen (secondary N) is 3. The second-order valence-corrected chi connectivity index (χ2v) is 7.15. The maximum Gasteiger partial charge on any atom is 0.317 e. The van der Waals surface area contributed by atoms with E-state index in [1.54, 1.807) is 11.8 Å². The quantitative estimate of drug-likeness (QED) is 0.546. The van der Waals surface area contributed by atoms with E-state index in [0.29, 0.717) is 25.6 Å². The van der Waals surface area contributed by atoms with Crippen LogP contribution >= 0.6 is 0 Å². The summed E-state index contributed by atoms with van der Waals surface area (Å²) >= 11 is 0. The molecule has 2 atom stereocenters. The summed E-state index contributed by atoms with van der Waals surface area (Å²) in [5.74, 6) is -1.45. The van der Waals surface area contributed by atoms with E-state index in [-0.39, 0.29) is 24.4 Å². The first-order valence-electron chi connectivity index (χ1n) is 9.21. The molecule has 0 aromatic carbocycles. The molecule has 0 aromatic heterocycles. The van der Waals surface area contributed by atoms with Gasteiger partial charge < -0.3 is 26.0 Å². The molecule has 2 heterocycles. The summed E-state index contributed by atoms with van der Waals surface area (Å²) in [4.78, 5) is 37.1. The smallest absolute Gasteiger partial charge is 0.317 e. The minimum absolute atomic E-state index is 0.102. The zero-order valence-corrected chi connectivity index (χ0v) is 14.9. The largest absolute Gasteiger partial charge is 0.481 e. The van der Waals surface area contributed by atoms with E-state index in [4.69, 9.17) is 5.11 Å².